The summed E-state index contributed by atoms with van der Waals surface area (Å²) in [4.78, 5) is 21.8. The molecule has 22 heavy (non-hydrogen) atoms. The van der Waals surface area contributed by atoms with Gasteiger partial charge < -0.3 is 10.6 Å². The summed E-state index contributed by atoms with van der Waals surface area (Å²) in [7, 11) is 0. The molecule has 2 N–H and O–H groups in total. The predicted molar refractivity (Wildman–Crippen MR) is 85.7 cm³/mol. The van der Waals surface area contributed by atoms with E-state index in [0.717, 1.165) is 0 Å². The third kappa shape index (κ3) is 4.82. The number of carbonyl (C=O) groups excluding carboxylic acids is 2. The monoisotopic (exact) mass is 296 g/mol. The molecule has 0 bridgehead atoms. The first-order valence-electron chi connectivity index (χ1n) is 6.70. The summed E-state index contributed by atoms with van der Waals surface area (Å²) >= 11 is 0. The number of rotatable bonds is 4. The maximum Gasteiger partial charge on any atom is 0.221 e. The normalized spacial score (nSPS) is 10.5. The second-order valence-electron chi connectivity index (χ2n) is 4.66. The third-order valence-electron chi connectivity index (χ3n) is 2.66. The molecule has 2 amide bonds. The molecule has 0 radical (unpaired) electrons. The fraction of sp³-hybridized carbons (Fsp3) is 0.125. The topological polar surface area (TPSA) is 82.9 Å². The summed E-state index contributed by atoms with van der Waals surface area (Å²) in [6, 6.07) is 14.1. The Balaban J connectivity index is 2.01. The molecule has 0 saturated heterocycles. The van der Waals surface area contributed by atoms with Gasteiger partial charge in [-0.15, -0.1) is 0 Å². The lowest BCUT2D eigenvalue weighted by Gasteiger charge is -2.02. The molecule has 2 aromatic rings. The molecule has 0 aliphatic rings. The molecule has 0 spiro atoms. The molecule has 2 aromatic carbocycles. The average Bonchev–Trinajstić information content (AvgIpc) is 2.47. The molecule has 0 aliphatic carbocycles. The molecular weight excluding hydrogens is 280 g/mol. The zero-order valence-electron chi connectivity index (χ0n) is 12.3. The van der Waals surface area contributed by atoms with Crippen molar-refractivity contribution in [3.05, 3.63) is 48.5 Å². The Labute approximate surface area is 128 Å². The van der Waals surface area contributed by atoms with Gasteiger partial charge in [-0.05, 0) is 48.5 Å². The van der Waals surface area contributed by atoms with Crippen LogP contribution in [0.1, 0.15) is 13.8 Å². The summed E-state index contributed by atoms with van der Waals surface area (Å²) in [5.41, 5.74) is 2.79. The third-order valence-corrected chi connectivity index (χ3v) is 2.66. The number of hydrogen-bond acceptors (Lipinski definition) is 4. The highest BCUT2D eigenvalue weighted by molar-refractivity contribution is 5.89. The minimum Gasteiger partial charge on any atom is -0.326 e. The van der Waals surface area contributed by atoms with Crippen molar-refractivity contribution >= 4 is 34.6 Å². The van der Waals surface area contributed by atoms with E-state index < -0.39 is 0 Å². The van der Waals surface area contributed by atoms with Crippen molar-refractivity contribution in [2.24, 2.45) is 10.2 Å². The number of anilines is 2. The quantitative estimate of drug-likeness (QED) is 0.835. The lowest BCUT2D eigenvalue weighted by atomic mass is 10.3. The molecule has 112 valence electrons. The van der Waals surface area contributed by atoms with Gasteiger partial charge in [-0.2, -0.15) is 10.2 Å². The molecule has 0 unspecified atom stereocenters. The molecule has 0 aliphatic heterocycles. The molecule has 6 heteroatoms. The van der Waals surface area contributed by atoms with Gasteiger partial charge >= 0.3 is 0 Å². The molecule has 0 atom stereocenters. The van der Waals surface area contributed by atoms with E-state index in [9.17, 15) is 9.59 Å². The second kappa shape index (κ2) is 7.12. The highest BCUT2D eigenvalue weighted by Gasteiger charge is 1.97. The molecule has 0 heterocycles. The zero-order chi connectivity index (χ0) is 15.9. The van der Waals surface area contributed by atoms with Gasteiger partial charge in [0.2, 0.25) is 11.8 Å². The van der Waals surface area contributed by atoms with Gasteiger partial charge in [-0.25, -0.2) is 0 Å². The van der Waals surface area contributed by atoms with E-state index in [1.165, 1.54) is 13.8 Å². The van der Waals surface area contributed by atoms with Crippen LogP contribution in [0.5, 0.6) is 0 Å². The molecule has 2 rings (SSSR count). The lowest BCUT2D eigenvalue weighted by Crippen LogP contribution is -2.05. The Kier molecular flexibility index (Phi) is 4.98. The van der Waals surface area contributed by atoms with Crippen LogP contribution in [0.15, 0.2) is 58.8 Å². The highest BCUT2D eigenvalue weighted by atomic mass is 16.2. The Bertz CT molecular complexity index is 630. The van der Waals surface area contributed by atoms with E-state index in [1.54, 1.807) is 48.5 Å². The van der Waals surface area contributed by atoms with Crippen LogP contribution < -0.4 is 10.6 Å². The Hall–Kier alpha value is -3.02. The fourth-order valence-electron chi connectivity index (χ4n) is 1.74. The van der Waals surface area contributed by atoms with Crippen LogP contribution in [-0.4, -0.2) is 11.8 Å². The maximum absolute atomic E-state index is 10.9. The van der Waals surface area contributed by atoms with E-state index in [2.05, 4.69) is 20.9 Å². The van der Waals surface area contributed by atoms with Crippen LogP contribution in [-0.2, 0) is 9.59 Å². The first-order valence-corrected chi connectivity index (χ1v) is 6.70. The van der Waals surface area contributed by atoms with Gasteiger partial charge in [-0.1, -0.05) is 0 Å². The van der Waals surface area contributed by atoms with Gasteiger partial charge in [0.15, 0.2) is 0 Å². The summed E-state index contributed by atoms with van der Waals surface area (Å²) in [5, 5.41) is 13.6. The highest BCUT2D eigenvalue weighted by Crippen LogP contribution is 2.21. The minimum absolute atomic E-state index is 0.117. The van der Waals surface area contributed by atoms with Crippen LogP contribution in [0.3, 0.4) is 0 Å². The zero-order valence-corrected chi connectivity index (χ0v) is 12.3. The predicted octanol–water partition coefficient (Wildman–Crippen LogP) is 4.02. The van der Waals surface area contributed by atoms with Crippen molar-refractivity contribution in [3.63, 3.8) is 0 Å². The van der Waals surface area contributed by atoms with Crippen molar-refractivity contribution in [2.75, 3.05) is 10.6 Å². The average molecular weight is 296 g/mol. The van der Waals surface area contributed by atoms with Crippen molar-refractivity contribution in [2.45, 2.75) is 13.8 Å². The second-order valence-corrected chi connectivity index (χ2v) is 4.66. The number of hydrogen-bond donors (Lipinski definition) is 2. The number of nitrogens with zero attached hydrogens (tertiary/aromatic N) is 2. The van der Waals surface area contributed by atoms with E-state index in [-0.39, 0.29) is 11.8 Å². The van der Waals surface area contributed by atoms with Crippen LogP contribution in [0.25, 0.3) is 0 Å². The fourth-order valence-corrected chi connectivity index (χ4v) is 1.74. The molecular formula is C16H16N4O2. The number of carbonyl (C=O) groups is 2. The van der Waals surface area contributed by atoms with E-state index in [0.29, 0.717) is 22.7 Å². The van der Waals surface area contributed by atoms with Crippen LogP contribution in [0.2, 0.25) is 0 Å². The van der Waals surface area contributed by atoms with Crippen molar-refractivity contribution in [3.8, 4) is 0 Å². The SMILES string of the molecule is CC(=O)Nc1ccc(/N=N/c2ccc(NC(C)=O)cc2)cc1. The van der Waals surface area contributed by atoms with E-state index >= 15 is 0 Å². The van der Waals surface area contributed by atoms with Gasteiger partial charge in [-0.3, -0.25) is 9.59 Å². The maximum atomic E-state index is 10.9. The first-order chi connectivity index (χ1) is 10.5. The number of benzene rings is 2. The standard InChI is InChI=1S/C16H16N4O2/c1-11(21)17-13-3-7-15(8-4-13)19-20-16-9-5-14(6-10-16)18-12(2)22/h3-10H,1-2H3,(H,17,21)(H,18,22)/b20-19+. The Morgan fingerprint density at radius 1 is 0.682 bits per heavy atom. The molecule has 6 nitrogen and oxygen atoms in total. The van der Waals surface area contributed by atoms with Crippen LogP contribution in [0.4, 0.5) is 22.7 Å². The number of amides is 2. The first kappa shape index (κ1) is 15.4. The molecule has 0 saturated carbocycles. The summed E-state index contributed by atoms with van der Waals surface area (Å²) in [6.07, 6.45) is 0. The van der Waals surface area contributed by atoms with Crippen LogP contribution >= 0.6 is 0 Å². The Morgan fingerprint density at radius 3 is 1.27 bits per heavy atom. The van der Waals surface area contributed by atoms with Crippen molar-refractivity contribution in [1.82, 2.24) is 0 Å². The van der Waals surface area contributed by atoms with Gasteiger partial charge in [0.05, 0.1) is 11.4 Å². The largest absolute Gasteiger partial charge is 0.326 e. The molecule has 0 fully saturated rings. The number of azo groups is 1. The van der Waals surface area contributed by atoms with Crippen molar-refractivity contribution in [1.29, 1.82) is 0 Å². The van der Waals surface area contributed by atoms with Gasteiger partial charge in [0, 0.05) is 25.2 Å². The molecule has 0 aromatic heterocycles. The Morgan fingerprint density at radius 2 is 1.00 bits per heavy atom. The smallest absolute Gasteiger partial charge is 0.221 e. The minimum atomic E-state index is -0.117. The summed E-state index contributed by atoms with van der Waals surface area (Å²) in [5.74, 6) is -0.234. The summed E-state index contributed by atoms with van der Waals surface area (Å²) < 4.78 is 0. The number of nitrogens with one attached hydrogen (secondary N) is 2. The van der Waals surface area contributed by atoms with E-state index in [1.807, 2.05) is 0 Å². The lowest BCUT2D eigenvalue weighted by molar-refractivity contribution is -0.115. The summed E-state index contributed by atoms with van der Waals surface area (Å²) in [6.45, 7) is 2.91. The van der Waals surface area contributed by atoms with Gasteiger partial charge in [0.25, 0.3) is 0 Å². The van der Waals surface area contributed by atoms with Crippen molar-refractivity contribution < 1.29 is 9.59 Å². The van der Waals surface area contributed by atoms with Gasteiger partial charge in [0.1, 0.15) is 0 Å². The van der Waals surface area contributed by atoms with Crippen LogP contribution in [0, 0.1) is 0 Å². The van der Waals surface area contributed by atoms with E-state index in [4.69, 9.17) is 0 Å².